The number of nitrogens with one attached hydrogen (secondary N) is 1. The van der Waals surface area contributed by atoms with Crippen molar-refractivity contribution < 1.29 is 14.3 Å². The standard InChI is InChI=1S/C14H18N2O3/c1-19-10-5-2-4-9(8-10)13(17)11-6-3-7-16-14(18)12(11)15/h2,4-5,8,11-12H,3,6-7,15H2,1H3,(H,16,18). The van der Waals surface area contributed by atoms with Crippen LogP contribution >= 0.6 is 0 Å². The summed E-state index contributed by atoms with van der Waals surface area (Å²) in [4.78, 5) is 24.1. The first-order chi connectivity index (χ1) is 9.13. The largest absolute Gasteiger partial charge is 0.497 e. The van der Waals surface area contributed by atoms with Crippen LogP contribution in [0.1, 0.15) is 23.2 Å². The number of carbonyl (C=O) groups is 2. The summed E-state index contributed by atoms with van der Waals surface area (Å²) in [6.07, 6.45) is 1.38. The van der Waals surface area contributed by atoms with Crippen molar-refractivity contribution in [3.8, 4) is 5.75 Å². The van der Waals surface area contributed by atoms with E-state index >= 15 is 0 Å². The van der Waals surface area contributed by atoms with Crippen LogP contribution in [0.4, 0.5) is 0 Å². The van der Waals surface area contributed by atoms with Crippen molar-refractivity contribution in [1.82, 2.24) is 5.32 Å². The zero-order chi connectivity index (χ0) is 13.8. The summed E-state index contributed by atoms with van der Waals surface area (Å²) in [6.45, 7) is 0.578. The summed E-state index contributed by atoms with van der Waals surface area (Å²) < 4.78 is 5.10. The summed E-state index contributed by atoms with van der Waals surface area (Å²) in [5, 5.41) is 2.71. The minimum atomic E-state index is -0.777. The van der Waals surface area contributed by atoms with E-state index in [1.807, 2.05) is 0 Å². The van der Waals surface area contributed by atoms with E-state index in [1.165, 1.54) is 0 Å². The Morgan fingerprint density at radius 3 is 3.00 bits per heavy atom. The van der Waals surface area contributed by atoms with Crippen molar-refractivity contribution in [2.45, 2.75) is 18.9 Å². The fourth-order valence-corrected chi connectivity index (χ4v) is 2.30. The molecule has 1 heterocycles. The second kappa shape index (κ2) is 5.84. The fraction of sp³-hybridized carbons (Fsp3) is 0.429. The predicted molar refractivity (Wildman–Crippen MR) is 71.0 cm³/mol. The minimum Gasteiger partial charge on any atom is -0.497 e. The van der Waals surface area contributed by atoms with Gasteiger partial charge in [0.2, 0.25) is 5.91 Å². The molecule has 1 aromatic carbocycles. The molecule has 0 aromatic heterocycles. The molecule has 5 nitrogen and oxygen atoms in total. The molecule has 19 heavy (non-hydrogen) atoms. The van der Waals surface area contributed by atoms with Gasteiger partial charge in [0.25, 0.3) is 0 Å². The van der Waals surface area contributed by atoms with Gasteiger partial charge in [-0.05, 0) is 25.0 Å². The normalized spacial score (nSPS) is 23.4. The molecule has 2 rings (SSSR count). The lowest BCUT2D eigenvalue weighted by Gasteiger charge is -2.18. The summed E-state index contributed by atoms with van der Waals surface area (Å²) in [6, 6.07) is 6.16. The van der Waals surface area contributed by atoms with Crippen molar-refractivity contribution in [1.29, 1.82) is 0 Å². The van der Waals surface area contributed by atoms with Gasteiger partial charge in [0.1, 0.15) is 5.75 Å². The molecular formula is C14H18N2O3. The molecule has 0 spiro atoms. The lowest BCUT2D eigenvalue weighted by atomic mass is 9.88. The number of ether oxygens (including phenoxy) is 1. The van der Waals surface area contributed by atoms with Crippen LogP contribution in [-0.4, -0.2) is 31.4 Å². The number of hydrogen-bond donors (Lipinski definition) is 2. The topological polar surface area (TPSA) is 81.4 Å². The number of hydrogen-bond acceptors (Lipinski definition) is 4. The van der Waals surface area contributed by atoms with E-state index in [0.29, 0.717) is 24.3 Å². The summed E-state index contributed by atoms with van der Waals surface area (Å²) in [7, 11) is 1.55. The Balaban J connectivity index is 2.23. The quantitative estimate of drug-likeness (QED) is 0.787. The second-order valence-electron chi connectivity index (χ2n) is 4.66. The molecule has 1 aromatic rings. The first-order valence-electron chi connectivity index (χ1n) is 6.35. The molecule has 1 fully saturated rings. The van der Waals surface area contributed by atoms with Gasteiger partial charge in [0.05, 0.1) is 13.2 Å². The Bertz CT molecular complexity index is 487. The van der Waals surface area contributed by atoms with Crippen molar-refractivity contribution in [3.63, 3.8) is 0 Å². The summed E-state index contributed by atoms with van der Waals surface area (Å²) in [5.74, 6) is -0.186. The second-order valence-corrected chi connectivity index (χ2v) is 4.66. The number of carbonyl (C=O) groups excluding carboxylic acids is 2. The van der Waals surface area contributed by atoms with Crippen LogP contribution in [0.2, 0.25) is 0 Å². The Morgan fingerprint density at radius 2 is 2.26 bits per heavy atom. The Kier molecular flexibility index (Phi) is 4.16. The van der Waals surface area contributed by atoms with Crippen molar-refractivity contribution in [3.05, 3.63) is 29.8 Å². The monoisotopic (exact) mass is 262 g/mol. The van der Waals surface area contributed by atoms with Gasteiger partial charge in [-0.25, -0.2) is 0 Å². The number of rotatable bonds is 3. The van der Waals surface area contributed by atoms with Gasteiger partial charge in [-0.2, -0.15) is 0 Å². The lowest BCUT2D eigenvalue weighted by Crippen LogP contribution is -2.45. The maximum atomic E-state index is 12.5. The molecule has 102 valence electrons. The first kappa shape index (κ1) is 13.5. The number of methoxy groups -OCH3 is 1. The maximum Gasteiger partial charge on any atom is 0.237 e. The van der Waals surface area contributed by atoms with E-state index in [0.717, 1.165) is 6.42 Å². The van der Waals surface area contributed by atoms with Crippen molar-refractivity contribution in [2.24, 2.45) is 11.7 Å². The van der Waals surface area contributed by atoms with Crippen LogP contribution in [0.15, 0.2) is 24.3 Å². The molecule has 0 aliphatic carbocycles. The molecule has 5 heteroatoms. The molecular weight excluding hydrogens is 244 g/mol. The molecule has 1 aliphatic heterocycles. The molecule has 3 N–H and O–H groups in total. The van der Waals surface area contributed by atoms with Crippen LogP contribution in [-0.2, 0) is 4.79 Å². The number of benzene rings is 1. The zero-order valence-corrected chi connectivity index (χ0v) is 10.9. The maximum absolute atomic E-state index is 12.5. The lowest BCUT2D eigenvalue weighted by molar-refractivity contribution is -0.122. The number of nitrogens with two attached hydrogens (primary N) is 1. The fourth-order valence-electron chi connectivity index (χ4n) is 2.30. The number of Topliss-reactive ketones (excluding diaryl/α,β-unsaturated/α-hetero) is 1. The Hall–Kier alpha value is -1.88. The summed E-state index contributed by atoms with van der Waals surface area (Å²) >= 11 is 0. The molecule has 0 bridgehead atoms. The first-order valence-corrected chi connectivity index (χ1v) is 6.35. The highest BCUT2D eigenvalue weighted by atomic mass is 16.5. The third-order valence-corrected chi connectivity index (χ3v) is 3.42. The zero-order valence-electron chi connectivity index (χ0n) is 10.9. The average Bonchev–Trinajstić information content (AvgIpc) is 2.61. The van der Waals surface area contributed by atoms with Crippen LogP contribution in [0.25, 0.3) is 0 Å². The average molecular weight is 262 g/mol. The van der Waals surface area contributed by atoms with Crippen molar-refractivity contribution in [2.75, 3.05) is 13.7 Å². The highest BCUT2D eigenvalue weighted by molar-refractivity contribution is 6.01. The Morgan fingerprint density at radius 1 is 1.47 bits per heavy atom. The van der Waals surface area contributed by atoms with Crippen LogP contribution < -0.4 is 15.8 Å². The third-order valence-electron chi connectivity index (χ3n) is 3.42. The number of ketones is 1. The van der Waals surface area contributed by atoms with E-state index in [1.54, 1.807) is 31.4 Å². The molecule has 2 atom stereocenters. The minimum absolute atomic E-state index is 0.0940. The van der Waals surface area contributed by atoms with Gasteiger partial charge < -0.3 is 15.8 Å². The van der Waals surface area contributed by atoms with Crippen molar-refractivity contribution >= 4 is 11.7 Å². The van der Waals surface area contributed by atoms with Crippen LogP contribution in [0.5, 0.6) is 5.75 Å². The predicted octanol–water partition coefficient (Wildman–Crippen LogP) is 0.731. The van der Waals surface area contributed by atoms with E-state index < -0.39 is 12.0 Å². The molecule has 2 unspecified atom stereocenters. The van der Waals surface area contributed by atoms with Crippen LogP contribution in [0, 0.1) is 5.92 Å². The van der Waals surface area contributed by atoms with Gasteiger partial charge in [0.15, 0.2) is 5.78 Å². The van der Waals surface area contributed by atoms with Gasteiger partial charge in [0, 0.05) is 18.0 Å². The van der Waals surface area contributed by atoms with Gasteiger partial charge in [-0.1, -0.05) is 12.1 Å². The number of amides is 1. The smallest absolute Gasteiger partial charge is 0.237 e. The highest BCUT2D eigenvalue weighted by Crippen LogP contribution is 2.22. The molecule has 0 saturated carbocycles. The van der Waals surface area contributed by atoms with Gasteiger partial charge in [-0.15, -0.1) is 0 Å². The third kappa shape index (κ3) is 2.93. The van der Waals surface area contributed by atoms with Gasteiger partial charge >= 0.3 is 0 Å². The van der Waals surface area contributed by atoms with E-state index in [2.05, 4.69) is 5.32 Å². The van der Waals surface area contributed by atoms with Gasteiger partial charge in [-0.3, -0.25) is 9.59 Å². The van der Waals surface area contributed by atoms with E-state index in [4.69, 9.17) is 10.5 Å². The molecule has 0 radical (unpaired) electrons. The molecule has 1 saturated heterocycles. The van der Waals surface area contributed by atoms with E-state index in [-0.39, 0.29) is 11.7 Å². The highest BCUT2D eigenvalue weighted by Gasteiger charge is 2.32. The Labute approximate surface area is 112 Å². The summed E-state index contributed by atoms with van der Waals surface area (Å²) in [5.41, 5.74) is 6.40. The van der Waals surface area contributed by atoms with Crippen LogP contribution in [0.3, 0.4) is 0 Å². The molecule has 1 amide bonds. The van der Waals surface area contributed by atoms with E-state index in [9.17, 15) is 9.59 Å². The molecule has 1 aliphatic rings. The SMILES string of the molecule is COc1cccc(C(=O)C2CCCNC(=O)C2N)c1.